The van der Waals surface area contributed by atoms with Crippen molar-refractivity contribution >= 4 is 0 Å². The second-order valence-electron chi connectivity index (χ2n) is 4.28. The summed E-state index contributed by atoms with van der Waals surface area (Å²) in [4.78, 5) is 0. The van der Waals surface area contributed by atoms with Crippen LogP contribution in [0.2, 0.25) is 0 Å². The molecule has 0 radical (unpaired) electrons. The molecule has 1 saturated carbocycles. The van der Waals surface area contributed by atoms with Crippen LogP contribution < -0.4 is 0 Å². The van der Waals surface area contributed by atoms with Crippen molar-refractivity contribution in [2.45, 2.75) is 58.2 Å². The second-order valence-corrected chi connectivity index (χ2v) is 4.28. The monoisotopic (exact) mass is 186 g/mol. The number of rotatable bonds is 4. The molecule has 2 nitrogen and oxygen atoms in total. The Bertz CT molecular complexity index is 128. The van der Waals surface area contributed by atoms with Crippen LogP contribution in [0.4, 0.5) is 0 Å². The Hall–Kier alpha value is -0.0800. The minimum absolute atomic E-state index is 0.0663. The highest BCUT2D eigenvalue weighted by Gasteiger charge is 2.19. The van der Waals surface area contributed by atoms with E-state index in [1.807, 2.05) is 0 Å². The number of hydrogen-bond acceptors (Lipinski definition) is 2. The summed E-state index contributed by atoms with van der Waals surface area (Å²) >= 11 is 0. The van der Waals surface area contributed by atoms with Gasteiger partial charge in [0.1, 0.15) is 0 Å². The molecule has 0 aromatic heterocycles. The van der Waals surface area contributed by atoms with Crippen molar-refractivity contribution in [1.29, 1.82) is 0 Å². The van der Waals surface area contributed by atoms with E-state index in [9.17, 15) is 5.11 Å². The van der Waals surface area contributed by atoms with Crippen LogP contribution >= 0.6 is 0 Å². The van der Waals surface area contributed by atoms with E-state index in [1.54, 1.807) is 0 Å². The van der Waals surface area contributed by atoms with Crippen LogP contribution in [0.15, 0.2) is 0 Å². The molecular formula is C11H22O2. The van der Waals surface area contributed by atoms with Gasteiger partial charge in [0.25, 0.3) is 0 Å². The van der Waals surface area contributed by atoms with Gasteiger partial charge < -0.3 is 9.84 Å². The molecule has 1 N–H and O–H groups in total. The number of aliphatic hydroxyl groups is 1. The molecule has 0 aromatic carbocycles. The van der Waals surface area contributed by atoms with Gasteiger partial charge in [0, 0.05) is 6.61 Å². The lowest BCUT2D eigenvalue weighted by Crippen LogP contribution is -2.25. The zero-order valence-electron chi connectivity index (χ0n) is 8.83. The summed E-state index contributed by atoms with van der Waals surface area (Å²) < 4.78 is 5.77. The van der Waals surface area contributed by atoms with Gasteiger partial charge in [-0.25, -0.2) is 0 Å². The number of hydrogen-bond donors (Lipinski definition) is 1. The van der Waals surface area contributed by atoms with Crippen LogP contribution in [0, 0.1) is 5.92 Å². The molecule has 2 heteroatoms. The van der Waals surface area contributed by atoms with Crippen LogP contribution in [0.5, 0.6) is 0 Å². The molecule has 1 atom stereocenters. The van der Waals surface area contributed by atoms with Gasteiger partial charge in [-0.3, -0.25) is 0 Å². The fourth-order valence-corrected chi connectivity index (χ4v) is 1.63. The molecule has 0 saturated heterocycles. The zero-order chi connectivity index (χ0) is 9.68. The van der Waals surface area contributed by atoms with E-state index in [2.05, 4.69) is 13.8 Å². The zero-order valence-corrected chi connectivity index (χ0v) is 8.83. The van der Waals surface area contributed by atoms with E-state index in [0.717, 1.165) is 32.3 Å². The Labute approximate surface area is 81.3 Å². The predicted octanol–water partition coefficient (Wildman–Crippen LogP) is 2.35. The quantitative estimate of drug-likeness (QED) is 0.730. The van der Waals surface area contributed by atoms with E-state index < -0.39 is 0 Å². The molecule has 0 aliphatic heterocycles. The molecule has 1 fully saturated rings. The van der Waals surface area contributed by atoms with E-state index in [-0.39, 0.29) is 6.10 Å². The smallest absolute Gasteiger partial charge is 0.0577 e. The van der Waals surface area contributed by atoms with Crippen molar-refractivity contribution in [3.63, 3.8) is 0 Å². The predicted molar refractivity (Wildman–Crippen MR) is 53.7 cm³/mol. The third-order valence-electron chi connectivity index (χ3n) is 2.96. The van der Waals surface area contributed by atoms with E-state index in [0.29, 0.717) is 12.0 Å². The van der Waals surface area contributed by atoms with Crippen LogP contribution in [-0.4, -0.2) is 23.9 Å². The third kappa shape index (κ3) is 4.10. The Morgan fingerprint density at radius 2 is 1.92 bits per heavy atom. The van der Waals surface area contributed by atoms with Crippen LogP contribution in [0.25, 0.3) is 0 Å². The van der Waals surface area contributed by atoms with Crippen molar-refractivity contribution in [2.24, 2.45) is 5.92 Å². The van der Waals surface area contributed by atoms with Gasteiger partial charge in [0.05, 0.1) is 12.2 Å². The summed E-state index contributed by atoms with van der Waals surface area (Å²) in [6.07, 6.45) is 5.46. The molecule has 1 rings (SSSR count). The highest BCUT2D eigenvalue weighted by Crippen LogP contribution is 2.21. The molecular weight excluding hydrogens is 164 g/mol. The summed E-state index contributed by atoms with van der Waals surface area (Å²) in [5, 5.41) is 9.29. The molecule has 0 spiro atoms. The van der Waals surface area contributed by atoms with Crippen molar-refractivity contribution in [1.82, 2.24) is 0 Å². The van der Waals surface area contributed by atoms with E-state index in [1.165, 1.54) is 6.42 Å². The summed E-state index contributed by atoms with van der Waals surface area (Å²) in [5.41, 5.74) is 0. The largest absolute Gasteiger partial charge is 0.393 e. The van der Waals surface area contributed by atoms with Gasteiger partial charge in [0.2, 0.25) is 0 Å². The maximum absolute atomic E-state index is 9.29. The lowest BCUT2D eigenvalue weighted by Gasteiger charge is -2.26. The third-order valence-corrected chi connectivity index (χ3v) is 2.96. The maximum atomic E-state index is 9.29. The maximum Gasteiger partial charge on any atom is 0.0577 e. The van der Waals surface area contributed by atoms with Gasteiger partial charge >= 0.3 is 0 Å². The highest BCUT2D eigenvalue weighted by molar-refractivity contribution is 4.71. The topological polar surface area (TPSA) is 29.5 Å². The first kappa shape index (κ1) is 11.0. The van der Waals surface area contributed by atoms with Gasteiger partial charge in [-0.2, -0.15) is 0 Å². The standard InChI is InChI=1S/C11H22O2/c1-3-9(2)8-13-11-6-4-10(12)5-7-11/h9-12H,3-8H2,1-2H3. The summed E-state index contributed by atoms with van der Waals surface area (Å²) in [7, 11) is 0. The first-order valence-corrected chi connectivity index (χ1v) is 5.52. The van der Waals surface area contributed by atoms with Crippen LogP contribution in [0.3, 0.4) is 0 Å². The minimum Gasteiger partial charge on any atom is -0.393 e. The Kier molecular flexibility index (Phi) is 4.74. The average Bonchev–Trinajstić information content (AvgIpc) is 2.16. The van der Waals surface area contributed by atoms with Gasteiger partial charge in [-0.1, -0.05) is 20.3 Å². The van der Waals surface area contributed by atoms with Crippen molar-refractivity contribution in [3.05, 3.63) is 0 Å². The lowest BCUT2D eigenvalue weighted by molar-refractivity contribution is -0.0157. The Morgan fingerprint density at radius 1 is 1.31 bits per heavy atom. The number of aliphatic hydroxyl groups excluding tert-OH is 1. The van der Waals surface area contributed by atoms with Gasteiger partial charge in [-0.15, -0.1) is 0 Å². The molecule has 0 bridgehead atoms. The fraction of sp³-hybridized carbons (Fsp3) is 1.00. The van der Waals surface area contributed by atoms with Crippen LogP contribution in [-0.2, 0) is 4.74 Å². The molecule has 13 heavy (non-hydrogen) atoms. The Balaban J connectivity index is 2.08. The summed E-state index contributed by atoms with van der Waals surface area (Å²) in [5.74, 6) is 0.673. The summed E-state index contributed by atoms with van der Waals surface area (Å²) in [6, 6.07) is 0. The van der Waals surface area contributed by atoms with Crippen molar-refractivity contribution < 1.29 is 9.84 Å². The highest BCUT2D eigenvalue weighted by atomic mass is 16.5. The van der Waals surface area contributed by atoms with Gasteiger partial charge in [-0.05, 0) is 31.6 Å². The second kappa shape index (κ2) is 5.61. The molecule has 1 aliphatic rings. The first-order chi connectivity index (χ1) is 6.22. The lowest BCUT2D eigenvalue weighted by atomic mass is 9.95. The normalized spacial score (nSPS) is 31.6. The van der Waals surface area contributed by atoms with Crippen molar-refractivity contribution in [3.8, 4) is 0 Å². The van der Waals surface area contributed by atoms with E-state index in [4.69, 9.17) is 4.74 Å². The molecule has 1 unspecified atom stereocenters. The molecule has 78 valence electrons. The van der Waals surface area contributed by atoms with Crippen LogP contribution in [0.1, 0.15) is 46.0 Å². The first-order valence-electron chi connectivity index (χ1n) is 5.52. The van der Waals surface area contributed by atoms with Crippen molar-refractivity contribution in [2.75, 3.05) is 6.61 Å². The SMILES string of the molecule is CCC(C)COC1CCC(O)CC1. The summed E-state index contributed by atoms with van der Waals surface area (Å²) in [6.45, 7) is 5.30. The molecule has 0 aromatic rings. The minimum atomic E-state index is -0.0663. The van der Waals surface area contributed by atoms with E-state index >= 15 is 0 Å². The average molecular weight is 186 g/mol. The fourth-order valence-electron chi connectivity index (χ4n) is 1.63. The van der Waals surface area contributed by atoms with Gasteiger partial charge in [0.15, 0.2) is 0 Å². The molecule has 0 amide bonds. The number of ether oxygens (including phenoxy) is 1. The molecule has 1 aliphatic carbocycles. The Morgan fingerprint density at radius 3 is 2.46 bits per heavy atom. The molecule has 0 heterocycles.